The second kappa shape index (κ2) is 7.41. The van der Waals surface area contributed by atoms with Crippen molar-refractivity contribution in [2.24, 2.45) is 10.9 Å². The van der Waals surface area contributed by atoms with Crippen LogP contribution in [-0.4, -0.2) is 60.3 Å². The standard InChI is InChI=1S/C12H10N2O.C10H18N2/c1-3-10-11(13-2)8-6-4-5-7-9(8)12(15)14-10;1-11-6-10-4-9(11)7-12(10)5-8-2-3-8/h3-7H,1-2H2,(H,14,15);8-10H,2-7H2,1H3/t;9-,10-/m.0/s1. The van der Waals surface area contributed by atoms with Crippen LogP contribution in [0.1, 0.15) is 25.0 Å². The maximum absolute atomic E-state index is 11.7. The maximum atomic E-state index is 11.7. The number of fused-ring (bicyclic) bond motifs is 3. The van der Waals surface area contributed by atoms with E-state index in [0.29, 0.717) is 16.8 Å². The summed E-state index contributed by atoms with van der Waals surface area (Å²) in [5.74, 6) is 1.08. The van der Waals surface area contributed by atoms with Gasteiger partial charge in [-0.15, -0.1) is 0 Å². The van der Waals surface area contributed by atoms with Crippen molar-refractivity contribution in [2.45, 2.75) is 31.3 Å². The predicted octanol–water partition coefficient (Wildman–Crippen LogP) is 3.29. The lowest BCUT2D eigenvalue weighted by Gasteiger charge is -2.31. The third-order valence-electron chi connectivity index (χ3n) is 6.11. The highest BCUT2D eigenvalue weighted by atomic mass is 16.1. The number of piperazine rings is 1. The molecule has 3 aliphatic rings. The molecule has 3 heterocycles. The summed E-state index contributed by atoms with van der Waals surface area (Å²) < 4.78 is 0. The monoisotopic (exact) mass is 364 g/mol. The minimum absolute atomic E-state index is 0.132. The Labute approximate surface area is 160 Å². The Hall–Kier alpha value is -2.24. The van der Waals surface area contributed by atoms with Gasteiger partial charge in [0.05, 0.1) is 11.4 Å². The summed E-state index contributed by atoms with van der Waals surface area (Å²) in [5.41, 5.74) is 1.14. The van der Waals surface area contributed by atoms with E-state index in [0.717, 1.165) is 23.4 Å². The first-order valence-electron chi connectivity index (χ1n) is 9.79. The number of nitrogens with zero attached hydrogens (tertiary/aromatic N) is 3. The Morgan fingerprint density at radius 3 is 2.52 bits per heavy atom. The highest BCUT2D eigenvalue weighted by molar-refractivity contribution is 5.95. The van der Waals surface area contributed by atoms with Gasteiger partial charge >= 0.3 is 0 Å². The van der Waals surface area contributed by atoms with Crippen LogP contribution in [0.2, 0.25) is 0 Å². The average molecular weight is 364 g/mol. The Bertz CT molecular complexity index is 912. The van der Waals surface area contributed by atoms with E-state index >= 15 is 0 Å². The lowest BCUT2D eigenvalue weighted by Crippen LogP contribution is -2.45. The fourth-order valence-electron chi connectivity index (χ4n) is 4.40. The first-order chi connectivity index (χ1) is 13.1. The number of benzene rings is 1. The van der Waals surface area contributed by atoms with Gasteiger partial charge in [0, 0.05) is 42.5 Å². The molecule has 5 rings (SSSR count). The molecule has 3 fully saturated rings. The molecule has 2 atom stereocenters. The normalized spacial score (nSPS) is 24.6. The summed E-state index contributed by atoms with van der Waals surface area (Å²) in [6, 6.07) is 9.10. The zero-order valence-corrected chi connectivity index (χ0v) is 16.0. The quantitative estimate of drug-likeness (QED) is 0.847. The van der Waals surface area contributed by atoms with Gasteiger partial charge in [0.2, 0.25) is 0 Å². The van der Waals surface area contributed by atoms with E-state index in [-0.39, 0.29) is 5.56 Å². The topological polar surface area (TPSA) is 51.7 Å². The van der Waals surface area contributed by atoms with Gasteiger partial charge < -0.3 is 9.88 Å². The van der Waals surface area contributed by atoms with E-state index in [1.807, 2.05) is 18.2 Å². The van der Waals surface area contributed by atoms with E-state index in [1.54, 1.807) is 12.1 Å². The first kappa shape index (κ1) is 18.1. The molecule has 0 unspecified atom stereocenters. The third-order valence-corrected chi connectivity index (χ3v) is 6.11. The molecular formula is C22H28N4O. The summed E-state index contributed by atoms with van der Waals surface area (Å²) in [5, 5.41) is 1.41. The van der Waals surface area contributed by atoms with Crippen molar-refractivity contribution >= 4 is 29.3 Å². The molecule has 1 aliphatic carbocycles. The van der Waals surface area contributed by atoms with Crippen molar-refractivity contribution in [1.82, 2.24) is 14.8 Å². The Morgan fingerprint density at radius 1 is 1.22 bits per heavy atom. The molecule has 0 amide bonds. The van der Waals surface area contributed by atoms with Crippen LogP contribution in [-0.2, 0) is 0 Å². The molecule has 0 spiro atoms. The van der Waals surface area contributed by atoms with Crippen LogP contribution in [0, 0.1) is 5.92 Å². The number of H-pyrrole nitrogens is 1. The van der Waals surface area contributed by atoms with E-state index in [1.165, 1.54) is 38.9 Å². The molecule has 2 bridgehead atoms. The number of aliphatic imine (C=N–C) groups is 1. The molecule has 5 nitrogen and oxygen atoms in total. The number of likely N-dealkylation sites (tertiary alicyclic amines) is 2. The molecule has 2 aliphatic heterocycles. The third kappa shape index (κ3) is 3.62. The minimum Gasteiger partial charge on any atom is -0.320 e. The van der Waals surface area contributed by atoms with Gasteiger partial charge in [-0.3, -0.25) is 14.7 Å². The van der Waals surface area contributed by atoms with E-state index in [9.17, 15) is 4.79 Å². The number of aromatic nitrogens is 1. The largest absolute Gasteiger partial charge is 0.320 e. The SMILES string of the molecule is C=Cc1[nH]c(=O)c2ccccc2c1N=C.CN1C[C@@H]2C[C@H]1CN2CC1CC1. The lowest BCUT2D eigenvalue weighted by atomic mass is 10.1. The molecule has 27 heavy (non-hydrogen) atoms. The van der Waals surface area contributed by atoms with Gasteiger partial charge in [-0.1, -0.05) is 24.8 Å². The Balaban J connectivity index is 0.000000136. The summed E-state index contributed by atoms with van der Waals surface area (Å²) >= 11 is 0. The van der Waals surface area contributed by atoms with Gasteiger partial charge in [-0.25, -0.2) is 0 Å². The molecule has 2 saturated heterocycles. The molecule has 1 aromatic heterocycles. The fraction of sp³-hybridized carbons (Fsp3) is 0.455. The molecule has 1 aromatic carbocycles. The van der Waals surface area contributed by atoms with Crippen molar-refractivity contribution in [3.8, 4) is 0 Å². The van der Waals surface area contributed by atoms with Gasteiger partial charge in [0.25, 0.3) is 5.56 Å². The zero-order valence-electron chi connectivity index (χ0n) is 16.0. The van der Waals surface area contributed by atoms with Gasteiger partial charge in [0.15, 0.2) is 0 Å². The smallest absolute Gasteiger partial charge is 0.256 e. The van der Waals surface area contributed by atoms with E-state index in [4.69, 9.17) is 0 Å². The van der Waals surface area contributed by atoms with Crippen molar-refractivity contribution in [3.63, 3.8) is 0 Å². The van der Waals surface area contributed by atoms with Crippen LogP contribution in [0.4, 0.5) is 5.69 Å². The second-order valence-corrected chi connectivity index (χ2v) is 8.00. The van der Waals surface area contributed by atoms with Crippen LogP contribution >= 0.6 is 0 Å². The molecule has 2 aromatic rings. The highest BCUT2D eigenvalue weighted by Gasteiger charge is 2.42. The van der Waals surface area contributed by atoms with Crippen molar-refractivity contribution in [1.29, 1.82) is 0 Å². The van der Waals surface area contributed by atoms with Gasteiger partial charge in [-0.05, 0) is 51.1 Å². The number of aromatic amines is 1. The van der Waals surface area contributed by atoms with Gasteiger partial charge in [-0.2, -0.15) is 0 Å². The summed E-state index contributed by atoms with van der Waals surface area (Å²) in [7, 11) is 2.28. The first-order valence-corrected chi connectivity index (χ1v) is 9.79. The molecule has 1 saturated carbocycles. The van der Waals surface area contributed by atoms with E-state index < -0.39 is 0 Å². The molecule has 5 heteroatoms. The summed E-state index contributed by atoms with van der Waals surface area (Å²) in [6.45, 7) is 11.2. The minimum atomic E-state index is -0.132. The highest BCUT2D eigenvalue weighted by Crippen LogP contribution is 2.35. The fourth-order valence-corrected chi connectivity index (χ4v) is 4.40. The average Bonchev–Trinajstić information content (AvgIpc) is 3.31. The van der Waals surface area contributed by atoms with Crippen LogP contribution in [0.25, 0.3) is 16.8 Å². The molecule has 0 radical (unpaired) electrons. The van der Waals surface area contributed by atoms with Crippen molar-refractivity contribution in [3.05, 3.63) is 46.9 Å². The molecule has 1 N–H and O–H groups in total. The Kier molecular flexibility index (Phi) is 4.98. The maximum Gasteiger partial charge on any atom is 0.256 e. The lowest BCUT2D eigenvalue weighted by molar-refractivity contribution is 0.145. The number of rotatable bonds is 4. The van der Waals surface area contributed by atoms with Crippen LogP contribution in [0.5, 0.6) is 0 Å². The summed E-state index contributed by atoms with van der Waals surface area (Å²) in [6.07, 6.45) is 6.02. The number of likely N-dealkylation sites (N-methyl/N-ethyl adjacent to an activating group) is 1. The predicted molar refractivity (Wildman–Crippen MR) is 113 cm³/mol. The van der Waals surface area contributed by atoms with Crippen LogP contribution in [0.15, 0.2) is 40.6 Å². The Morgan fingerprint density at radius 2 is 1.96 bits per heavy atom. The van der Waals surface area contributed by atoms with Crippen molar-refractivity contribution in [2.75, 3.05) is 26.7 Å². The van der Waals surface area contributed by atoms with E-state index in [2.05, 4.69) is 40.1 Å². The molecule has 142 valence electrons. The molecular weight excluding hydrogens is 336 g/mol. The van der Waals surface area contributed by atoms with Gasteiger partial charge in [0.1, 0.15) is 0 Å². The van der Waals surface area contributed by atoms with Crippen molar-refractivity contribution < 1.29 is 0 Å². The number of hydrogen-bond acceptors (Lipinski definition) is 4. The van der Waals surface area contributed by atoms with Crippen LogP contribution in [0.3, 0.4) is 0 Å². The number of nitrogens with one attached hydrogen (secondary N) is 1. The summed E-state index contributed by atoms with van der Waals surface area (Å²) in [4.78, 5) is 23.6. The van der Waals surface area contributed by atoms with Crippen LogP contribution < -0.4 is 5.56 Å². The number of hydrogen-bond donors (Lipinski definition) is 1. The second-order valence-electron chi connectivity index (χ2n) is 8.00. The number of pyridine rings is 1. The zero-order chi connectivity index (χ0) is 19.0.